The summed E-state index contributed by atoms with van der Waals surface area (Å²) in [6.45, 7) is 6.31. The van der Waals surface area contributed by atoms with Crippen molar-refractivity contribution in [3.8, 4) is 5.75 Å². The van der Waals surface area contributed by atoms with E-state index in [1.54, 1.807) is 24.3 Å². The first-order valence-corrected chi connectivity index (χ1v) is 8.41. The quantitative estimate of drug-likeness (QED) is 0.771. The van der Waals surface area contributed by atoms with Gasteiger partial charge in [-0.05, 0) is 56.2 Å². The topological polar surface area (TPSA) is 46.6 Å². The zero-order valence-electron chi connectivity index (χ0n) is 14.3. The van der Waals surface area contributed by atoms with Gasteiger partial charge in [-0.15, -0.1) is 0 Å². The molecule has 1 heterocycles. The van der Waals surface area contributed by atoms with Crippen molar-refractivity contribution in [3.63, 3.8) is 0 Å². The highest BCUT2D eigenvalue weighted by molar-refractivity contribution is 6.60. The number of benzene rings is 2. The SMILES string of the molecule is CCOc1ccc(N2C(=O)C(Cl)=C(c3ccc(C)cc3C)C2=O)cc1. The highest BCUT2D eigenvalue weighted by Crippen LogP contribution is 2.36. The average Bonchev–Trinajstić information content (AvgIpc) is 2.79. The molecule has 0 N–H and O–H groups in total. The molecule has 2 amide bonds. The summed E-state index contributed by atoms with van der Waals surface area (Å²) < 4.78 is 5.39. The minimum atomic E-state index is -0.509. The Balaban J connectivity index is 1.99. The van der Waals surface area contributed by atoms with E-state index in [0.717, 1.165) is 16.0 Å². The molecule has 0 saturated carbocycles. The summed E-state index contributed by atoms with van der Waals surface area (Å²) in [7, 11) is 0. The zero-order valence-corrected chi connectivity index (χ0v) is 15.1. The number of hydrogen-bond acceptors (Lipinski definition) is 3. The Morgan fingerprint density at radius 2 is 1.68 bits per heavy atom. The van der Waals surface area contributed by atoms with Crippen LogP contribution in [0.2, 0.25) is 0 Å². The van der Waals surface area contributed by atoms with E-state index in [1.807, 2.05) is 39.0 Å². The molecular weight excluding hydrogens is 338 g/mol. The fourth-order valence-electron chi connectivity index (χ4n) is 2.92. The minimum Gasteiger partial charge on any atom is -0.494 e. The number of ether oxygens (including phenoxy) is 1. The third-order valence-corrected chi connectivity index (χ3v) is 4.44. The van der Waals surface area contributed by atoms with Crippen LogP contribution in [0.5, 0.6) is 5.75 Å². The second-order valence-corrected chi connectivity index (χ2v) is 6.26. The first kappa shape index (κ1) is 17.2. The van der Waals surface area contributed by atoms with Crippen LogP contribution in [0.4, 0.5) is 5.69 Å². The number of carbonyl (C=O) groups excluding carboxylic acids is 2. The van der Waals surface area contributed by atoms with Gasteiger partial charge in [0.1, 0.15) is 10.8 Å². The van der Waals surface area contributed by atoms with Gasteiger partial charge in [0.05, 0.1) is 17.9 Å². The van der Waals surface area contributed by atoms with E-state index in [9.17, 15) is 9.59 Å². The second-order valence-electron chi connectivity index (χ2n) is 5.88. The lowest BCUT2D eigenvalue weighted by Crippen LogP contribution is -2.31. The molecule has 0 unspecified atom stereocenters. The molecular formula is C20H18ClNO3. The largest absolute Gasteiger partial charge is 0.494 e. The minimum absolute atomic E-state index is 0.0502. The average molecular weight is 356 g/mol. The molecule has 0 aliphatic carbocycles. The van der Waals surface area contributed by atoms with Crippen LogP contribution in [0.1, 0.15) is 23.6 Å². The summed E-state index contributed by atoms with van der Waals surface area (Å²) in [5.74, 6) is -0.240. The summed E-state index contributed by atoms with van der Waals surface area (Å²) in [6.07, 6.45) is 0. The smallest absolute Gasteiger partial charge is 0.277 e. The van der Waals surface area contributed by atoms with Crippen molar-refractivity contribution in [2.24, 2.45) is 0 Å². The van der Waals surface area contributed by atoms with Gasteiger partial charge in [-0.2, -0.15) is 0 Å². The Morgan fingerprint density at radius 1 is 1.00 bits per heavy atom. The molecule has 3 rings (SSSR count). The normalized spacial score (nSPS) is 14.5. The summed E-state index contributed by atoms with van der Waals surface area (Å²) in [4.78, 5) is 26.6. The van der Waals surface area contributed by atoms with Crippen LogP contribution in [-0.2, 0) is 9.59 Å². The standard InChI is InChI=1S/C20H18ClNO3/c1-4-25-15-8-6-14(7-9-15)22-19(23)17(18(21)20(22)24)16-10-5-12(2)11-13(16)3/h5-11H,4H2,1-3H3. The predicted octanol–water partition coefficient (Wildman–Crippen LogP) is 4.23. The number of hydrogen-bond donors (Lipinski definition) is 0. The van der Waals surface area contributed by atoms with Crippen molar-refractivity contribution in [1.29, 1.82) is 0 Å². The number of amides is 2. The summed E-state index contributed by atoms with van der Waals surface area (Å²) >= 11 is 6.24. The Kier molecular flexibility index (Phi) is 4.64. The van der Waals surface area contributed by atoms with Crippen molar-refractivity contribution in [2.45, 2.75) is 20.8 Å². The number of halogens is 1. The maximum absolute atomic E-state index is 12.9. The Labute approximate surface area is 151 Å². The Morgan fingerprint density at radius 3 is 2.28 bits per heavy atom. The molecule has 1 aliphatic heterocycles. The monoisotopic (exact) mass is 355 g/mol. The molecule has 2 aromatic rings. The van der Waals surface area contributed by atoms with E-state index in [0.29, 0.717) is 23.6 Å². The van der Waals surface area contributed by atoms with E-state index in [1.165, 1.54) is 0 Å². The number of anilines is 1. The number of carbonyl (C=O) groups is 2. The fraction of sp³-hybridized carbons (Fsp3) is 0.200. The van der Waals surface area contributed by atoms with Gasteiger partial charge in [-0.1, -0.05) is 35.4 Å². The number of aryl methyl sites for hydroxylation is 2. The number of nitrogens with zero attached hydrogens (tertiary/aromatic N) is 1. The van der Waals surface area contributed by atoms with Gasteiger partial charge in [0.25, 0.3) is 11.8 Å². The highest BCUT2D eigenvalue weighted by Gasteiger charge is 2.39. The van der Waals surface area contributed by atoms with E-state index in [2.05, 4.69) is 0 Å². The number of imide groups is 1. The van der Waals surface area contributed by atoms with Crippen LogP contribution in [0, 0.1) is 13.8 Å². The van der Waals surface area contributed by atoms with E-state index >= 15 is 0 Å². The van der Waals surface area contributed by atoms with Crippen LogP contribution >= 0.6 is 11.6 Å². The molecule has 0 atom stereocenters. The molecule has 0 saturated heterocycles. The first-order chi connectivity index (χ1) is 11.9. The molecule has 0 fully saturated rings. The molecule has 4 nitrogen and oxygen atoms in total. The van der Waals surface area contributed by atoms with Crippen molar-refractivity contribution < 1.29 is 14.3 Å². The molecule has 0 aromatic heterocycles. The highest BCUT2D eigenvalue weighted by atomic mass is 35.5. The molecule has 0 bridgehead atoms. The summed E-state index contributed by atoms with van der Waals surface area (Å²) in [5, 5.41) is -0.0502. The number of rotatable bonds is 4. The molecule has 5 heteroatoms. The Hall–Kier alpha value is -2.59. The summed E-state index contributed by atoms with van der Waals surface area (Å²) in [5.41, 5.74) is 3.39. The first-order valence-electron chi connectivity index (χ1n) is 8.03. The molecule has 25 heavy (non-hydrogen) atoms. The zero-order chi connectivity index (χ0) is 18.1. The van der Waals surface area contributed by atoms with Crippen molar-refractivity contribution >= 4 is 34.7 Å². The molecule has 0 radical (unpaired) electrons. The van der Waals surface area contributed by atoms with Crippen LogP contribution in [0.25, 0.3) is 5.57 Å². The van der Waals surface area contributed by atoms with Crippen molar-refractivity contribution in [1.82, 2.24) is 0 Å². The lowest BCUT2D eigenvalue weighted by Gasteiger charge is -2.16. The second kappa shape index (κ2) is 6.73. The van der Waals surface area contributed by atoms with E-state index < -0.39 is 11.8 Å². The lowest BCUT2D eigenvalue weighted by atomic mass is 9.99. The molecule has 128 valence electrons. The van der Waals surface area contributed by atoms with Gasteiger partial charge < -0.3 is 4.74 Å². The molecule has 0 spiro atoms. The maximum atomic E-state index is 12.9. The fourth-order valence-corrected chi connectivity index (χ4v) is 3.19. The molecule has 1 aliphatic rings. The third kappa shape index (κ3) is 3.05. The van der Waals surface area contributed by atoms with Crippen LogP contribution < -0.4 is 9.64 Å². The molecule has 2 aromatic carbocycles. The maximum Gasteiger partial charge on any atom is 0.277 e. The van der Waals surface area contributed by atoms with E-state index in [-0.39, 0.29) is 10.6 Å². The van der Waals surface area contributed by atoms with Gasteiger partial charge in [0.2, 0.25) is 0 Å². The van der Waals surface area contributed by atoms with Crippen molar-refractivity contribution in [2.75, 3.05) is 11.5 Å². The Bertz CT molecular complexity index is 884. The van der Waals surface area contributed by atoms with Crippen LogP contribution in [0.15, 0.2) is 47.5 Å². The van der Waals surface area contributed by atoms with Gasteiger partial charge in [-0.3, -0.25) is 9.59 Å². The van der Waals surface area contributed by atoms with Gasteiger partial charge >= 0.3 is 0 Å². The van der Waals surface area contributed by atoms with Crippen LogP contribution in [0.3, 0.4) is 0 Å². The predicted molar refractivity (Wildman–Crippen MR) is 98.8 cm³/mol. The van der Waals surface area contributed by atoms with Crippen molar-refractivity contribution in [3.05, 3.63) is 64.2 Å². The van der Waals surface area contributed by atoms with Gasteiger partial charge in [0.15, 0.2) is 0 Å². The van der Waals surface area contributed by atoms with Gasteiger partial charge in [-0.25, -0.2) is 4.90 Å². The lowest BCUT2D eigenvalue weighted by molar-refractivity contribution is -0.119. The van der Waals surface area contributed by atoms with E-state index in [4.69, 9.17) is 16.3 Å². The third-order valence-electron chi connectivity index (χ3n) is 4.08. The summed E-state index contributed by atoms with van der Waals surface area (Å²) in [6, 6.07) is 12.5. The van der Waals surface area contributed by atoms with Gasteiger partial charge in [0, 0.05) is 0 Å². The van der Waals surface area contributed by atoms with Crippen LogP contribution in [-0.4, -0.2) is 18.4 Å².